The number of benzene rings is 1. The molecule has 9 heteroatoms. The van der Waals surface area contributed by atoms with Crippen molar-refractivity contribution >= 4 is 40.9 Å². The number of carboxylic acid groups (broad SMARTS) is 1. The smallest absolute Gasteiger partial charge is 0.338 e. The molecule has 1 aromatic heterocycles. The Labute approximate surface area is 171 Å². The summed E-state index contributed by atoms with van der Waals surface area (Å²) in [5, 5.41) is 8.83. The number of aromatic nitrogens is 1. The number of anilines is 2. The second-order valence-corrected chi connectivity index (χ2v) is 7.85. The average Bonchev–Trinajstić information content (AvgIpc) is 3.02. The van der Waals surface area contributed by atoms with Crippen LogP contribution in [-0.4, -0.2) is 59.4 Å². The maximum absolute atomic E-state index is 12.9. The van der Waals surface area contributed by atoms with E-state index in [4.69, 9.17) is 4.74 Å². The van der Waals surface area contributed by atoms with Gasteiger partial charge in [-0.25, -0.2) is 14.7 Å². The van der Waals surface area contributed by atoms with Gasteiger partial charge in [-0.15, -0.1) is 0 Å². The van der Waals surface area contributed by atoms with Gasteiger partial charge in [0.05, 0.1) is 29.7 Å². The number of ether oxygens (including phenoxy) is 1. The topological polar surface area (TPSA) is 100 Å². The molecule has 1 N–H and O–H groups in total. The zero-order chi connectivity index (χ0) is 20.4. The molecule has 8 nitrogen and oxygen atoms in total. The van der Waals surface area contributed by atoms with Crippen LogP contribution in [0.25, 0.3) is 0 Å². The predicted octanol–water partition coefficient (Wildman–Crippen LogP) is 2.04. The van der Waals surface area contributed by atoms with Crippen molar-refractivity contribution in [2.45, 2.75) is 16.7 Å². The number of hydrogen-bond donors (Lipinski definition) is 1. The number of thioether (sulfide) groups is 1. The summed E-state index contributed by atoms with van der Waals surface area (Å²) in [7, 11) is 0. The van der Waals surface area contributed by atoms with E-state index < -0.39 is 11.2 Å². The van der Waals surface area contributed by atoms with Crippen LogP contribution in [0.4, 0.5) is 11.4 Å². The van der Waals surface area contributed by atoms with Gasteiger partial charge in [-0.05, 0) is 36.4 Å². The molecule has 0 bridgehead atoms. The van der Waals surface area contributed by atoms with Crippen molar-refractivity contribution < 1.29 is 24.2 Å². The van der Waals surface area contributed by atoms with Crippen LogP contribution in [0.2, 0.25) is 0 Å². The molecule has 2 fully saturated rings. The van der Waals surface area contributed by atoms with Crippen LogP contribution in [0.5, 0.6) is 0 Å². The molecule has 0 radical (unpaired) electrons. The second-order valence-electron chi connectivity index (χ2n) is 6.66. The number of rotatable bonds is 5. The lowest BCUT2D eigenvalue weighted by Gasteiger charge is -2.29. The zero-order valence-corrected chi connectivity index (χ0v) is 16.3. The molecule has 2 aliphatic heterocycles. The minimum Gasteiger partial charge on any atom is -0.478 e. The number of carbonyl (C=O) groups is 3. The molecule has 3 heterocycles. The summed E-state index contributed by atoms with van der Waals surface area (Å²) in [5.74, 6) is -1.78. The van der Waals surface area contributed by atoms with Gasteiger partial charge >= 0.3 is 5.97 Å². The van der Waals surface area contributed by atoms with Gasteiger partial charge in [0.1, 0.15) is 5.03 Å². The van der Waals surface area contributed by atoms with Crippen molar-refractivity contribution in [1.82, 2.24) is 4.98 Å². The van der Waals surface area contributed by atoms with Gasteiger partial charge in [0.25, 0.3) is 0 Å². The highest BCUT2D eigenvalue weighted by Gasteiger charge is 2.41. The van der Waals surface area contributed by atoms with E-state index in [0.717, 1.165) is 30.5 Å². The largest absolute Gasteiger partial charge is 0.478 e. The Balaban J connectivity index is 1.50. The predicted molar refractivity (Wildman–Crippen MR) is 107 cm³/mol. The van der Waals surface area contributed by atoms with E-state index in [1.807, 2.05) is 12.1 Å². The maximum Gasteiger partial charge on any atom is 0.338 e. The normalized spacial score (nSPS) is 19.7. The third kappa shape index (κ3) is 3.96. The summed E-state index contributed by atoms with van der Waals surface area (Å²) in [6.07, 6.45) is 1.47. The van der Waals surface area contributed by atoms with Crippen LogP contribution in [-0.2, 0) is 14.3 Å². The molecule has 150 valence electrons. The number of amides is 2. The molecule has 0 aliphatic carbocycles. The first-order chi connectivity index (χ1) is 14.0. The van der Waals surface area contributed by atoms with Crippen LogP contribution in [0.15, 0.2) is 47.6 Å². The Bertz CT molecular complexity index is 943. The monoisotopic (exact) mass is 413 g/mol. The third-order valence-corrected chi connectivity index (χ3v) is 6.05. The minimum absolute atomic E-state index is 0.00431. The lowest BCUT2D eigenvalue weighted by Crippen LogP contribution is -2.36. The van der Waals surface area contributed by atoms with Crippen LogP contribution in [0.1, 0.15) is 16.8 Å². The molecule has 1 aromatic carbocycles. The second kappa shape index (κ2) is 8.22. The molecule has 2 aliphatic rings. The van der Waals surface area contributed by atoms with E-state index in [-0.39, 0.29) is 28.8 Å². The molecule has 29 heavy (non-hydrogen) atoms. The van der Waals surface area contributed by atoms with Gasteiger partial charge in [0, 0.05) is 31.4 Å². The number of carbonyl (C=O) groups excluding carboxylic acids is 2. The average molecular weight is 413 g/mol. The maximum atomic E-state index is 12.9. The van der Waals surface area contributed by atoms with E-state index in [1.54, 1.807) is 12.1 Å². The van der Waals surface area contributed by atoms with Crippen molar-refractivity contribution in [1.29, 1.82) is 0 Å². The molecular formula is C20H19N3O5S. The van der Waals surface area contributed by atoms with Crippen molar-refractivity contribution in [3.63, 3.8) is 0 Å². The van der Waals surface area contributed by atoms with Gasteiger partial charge in [-0.2, -0.15) is 0 Å². The highest BCUT2D eigenvalue weighted by Crippen LogP contribution is 2.35. The van der Waals surface area contributed by atoms with Crippen LogP contribution in [0.3, 0.4) is 0 Å². The summed E-state index contributed by atoms with van der Waals surface area (Å²) < 4.78 is 5.35. The SMILES string of the molecule is O=C(O)c1cccnc1SC1CC(=O)N(c2ccc(N3CCOCC3)cc2)C1=O. The number of pyridine rings is 1. The molecule has 2 aromatic rings. The summed E-state index contributed by atoms with van der Waals surface area (Å²) >= 11 is 1.02. The standard InChI is InChI=1S/C20H19N3O5S/c24-17-12-16(29-18-15(20(26)27)2-1-7-21-18)19(25)23(17)14-5-3-13(4-6-14)22-8-10-28-11-9-22/h1-7,16H,8-12H2,(H,26,27). The molecule has 0 saturated carbocycles. The zero-order valence-electron chi connectivity index (χ0n) is 15.5. The first-order valence-corrected chi connectivity index (χ1v) is 10.1. The number of aromatic carboxylic acids is 1. The fourth-order valence-electron chi connectivity index (χ4n) is 3.38. The Hall–Kier alpha value is -2.91. The van der Waals surface area contributed by atoms with Crippen LogP contribution in [0, 0.1) is 0 Å². The molecule has 2 saturated heterocycles. The van der Waals surface area contributed by atoms with E-state index >= 15 is 0 Å². The summed E-state index contributed by atoms with van der Waals surface area (Å²) in [6.45, 7) is 2.95. The van der Waals surface area contributed by atoms with E-state index in [0.29, 0.717) is 18.9 Å². The molecule has 2 amide bonds. The quantitative estimate of drug-likeness (QED) is 0.744. The Kier molecular flexibility index (Phi) is 5.50. The van der Waals surface area contributed by atoms with Crippen LogP contribution < -0.4 is 9.80 Å². The number of carboxylic acids is 1. The van der Waals surface area contributed by atoms with E-state index in [9.17, 15) is 19.5 Å². The first kappa shape index (κ1) is 19.4. The molecule has 1 unspecified atom stereocenters. The van der Waals surface area contributed by atoms with E-state index in [1.165, 1.54) is 23.2 Å². The highest BCUT2D eigenvalue weighted by molar-refractivity contribution is 8.00. The molecule has 1 atom stereocenters. The Morgan fingerprint density at radius 2 is 1.79 bits per heavy atom. The molecule has 0 spiro atoms. The van der Waals surface area contributed by atoms with Crippen molar-refractivity contribution in [3.05, 3.63) is 48.2 Å². The van der Waals surface area contributed by atoms with Crippen molar-refractivity contribution in [3.8, 4) is 0 Å². The van der Waals surface area contributed by atoms with E-state index in [2.05, 4.69) is 9.88 Å². The lowest BCUT2D eigenvalue weighted by molar-refractivity contribution is -0.121. The number of nitrogens with zero attached hydrogens (tertiary/aromatic N) is 3. The lowest BCUT2D eigenvalue weighted by atomic mass is 10.2. The minimum atomic E-state index is -1.12. The van der Waals surface area contributed by atoms with Crippen LogP contribution >= 0.6 is 11.8 Å². The number of hydrogen-bond acceptors (Lipinski definition) is 7. The van der Waals surface area contributed by atoms with Gasteiger partial charge in [-0.3, -0.25) is 9.59 Å². The van der Waals surface area contributed by atoms with Gasteiger partial charge < -0.3 is 14.7 Å². The molecule has 4 rings (SSSR count). The van der Waals surface area contributed by atoms with Gasteiger partial charge in [0.2, 0.25) is 11.8 Å². The summed E-state index contributed by atoms with van der Waals surface area (Å²) in [5.41, 5.74) is 1.55. The molecular weight excluding hydrogens is 394 g/mol. The van der Waals surface area contributed by atoms with Crippen molar-refractivity contribution in [2.24, 2.45) is 0 Å². The third-order valence-electron chi connectivity index (χ3n) is 4.84. The fraction of sp³-hybridized carbons (Fsp3) is 0.300. The van der Waals surface area contributed by atoms with Gasteiger partial charge in [0.15, 0.2) is 0 Å². The highest BCUT2D eigenvalue weighted by atomic mass is 32.2. The number of imide groups is 1. The first-order valence-electron chi connectivity index (χ1n) is 9.19. The Morgan fingerprint density at radius 3 is 2.48 bits per heavy atom. The fourth-order valence-corrected chi connectivity index (χ4v) is 4.49. The summed E-state index contributed by atoms with van der Waals surface area (Å²) in [6, 6.07) is 10.3. The Morgan fingerprint density at radius 1 is 1.10 bits per heavy atom. The van der Waals surface area contributed by atoms with Crippen molar-refractivity contribution in [2.75, 3.05) is 36.1 Å². The van der Waals surface area contributed by atoms with Gasteiger partial charge in [-0.1, -0.05) is 11.8 Å². The number of morpholine rings is 1. The summed E-state index contributed by atoms with van der Waals surface area (Å²) in [4.78, 5) is 44.2.